The van der Waals surface area contributed by atoms with E-state index in [2.05, 4.69) is 5.32 Å². The minimum absolute atomic E-state index is 0.182. The van der Waals surface area contributed by atoms with Crippen molar-refractivity contribution in [1.29, 1.82) is 0 Å². The molecule has 2 rings (SSSR count). The lowest BCUT2D eigenvalue weighted by atomic mass is 10.1. The first kappa shape index (κ1) is 10.6. The molecule has 0 bridgehead atoms. The van der Waals surface area contributed by atoms with Gasteiger partial charge in [-0.05, 0) is 17.7 Å². The molecule has 0 spiro atoms. The number of nitrogens with two attached hydrogens (primary N) is 1. The Morgan fingerprint density at radius 2 is 2.19 bits per heavy atom. The average Bonchev–Trinajstić information content (AvgIpc) is 2.29. The summed E-state index contributed by atoms with van der Waals surface area (Å²) in [6.07, 6.45) is 0.332. The molecule has 1 aliphatic rings. The highest BCUT2D eigenvalue weighted by molar-refractivity contribution is 6.15. The first-order chi connectivity index (χ1) is 7.72. The van der Waals surface area contributed by atoms with Crippen LogP contribution in [0.15, 0.2) is 24.3 Å². The average molecular weight is 219 g/mol. The summed E-state index contributed by atoms with van der Waals surface area (Å²) in [5.41, 5.74) is 6.98. The number of amides is 3. The Bertz CT molecular complexity index is 415. The SMILES string of the molecule is NCc1cccc(N2C(=O)CCNC2=O)c1. The maximum Gasteiger partial charge on any atom is 0.328 e. The largest absolute Gasteiger partial charge is 0.337 e. The van der Waals surface area contributed by atoms with E-state index in [0.717, 1.165) is 10.5 Å². The first-order valence-electron chi connectivity index (χ1n) is 5.12. The third-order valence-corrected chi connectivity index (χ3v) is 2.47. The molecule has 1 aromatic rings. The second-order valence-corrected chi connectivity index (χ2v) is 3.59. The van der Waals surface area contributed by atoms with Crippen molar-refractivity contribution in [2.24, 2.45) is 5.73 Å². The Hall–Kier alpha value is -1.88. The normalized spacial score (nSPS) is 16.2. The summed E-state index contributed by atoms with van der Waals surface area (Å²) in [6.45, 7) is 0.794. The van der Waals surface area contributed by atoms with Gasteiger partial charge in [-0.25, -0.2) is 9.69 Å². The summed E-state index contributed by atoms with van der Waals surface area (Å²) in [5.74, 6) is -0.182. The maximum atomic E-state index is 11.6. The first-order valence-corrected chi connectivity index (χ1v) is 5.12. The van der Waals surface area contributed by atoms with Crippen LogP contribution < -0.4 is 16.0 Å². The standard InChI is InChI=1S/C11H13N3O2/c12-7-8-2-1-3-9(6-8)14-10(15)4-5-13-11(14)16/h1-3,6H,4-5,7,12H2,(H,13,16). The fourth-order valence-corrected chi connectivity index (χ4v) is 1.66. The molecule has 1 saturated heterocycles. The number of hydrogen-bond donors (Lipinski definition) is 2. The lowest BCUT2D eigenvalue weighted by Crippen LogP contribution is -2.50. The molecule has 0 radical (unpaired) electrons. The van der Waals surface area contributed by atoms with Crippen molar-refractivity contribution in [3.05, 3.63) is 29.8 Å². The Balaban J connectivity index is 2.33. The van der Waals surface area contributed by atoms with E-state index in [1.54, 1.807) is 18.2 Å². The zero-order valence-electron chi connectivity index (χ0n) is 8.77. The Morgan fingerprint density at radius 1 is 1.38 bits per heavy atom. The highest BCUT2D eigenvalue weighted by Gasteiger charge is 2.26. The third kappa shape index (κ3) is 1.90. The number of imide groups is 1. The van der Waals surface area contributed by atoms with Crippen molar-refractivity contribution < 1.29 is 9.59 Å². The number of benzene rings is 1. The van der Waals surface area contributed by atoms with Crippen LogP contribution in [0.25, 0.3) is 0 Å². The maximum absolute atomic E-state index is 11.6. The Morgan fingerprint density at radius 3 is 2.88 bits per heavy atom. The van der Waals surface area contributed by atoms with Gasteiger partial charge in [0.1, 0.15) is 0 Å². The molecule has 1 fully saturated rings. The van der Waals surface area contributed by atoms with Crippen LogP contribution in [0, 0.1) is 0 Å². The molecule has 0 saturated carbocycles. The predicted octanol–water partition coefficient (Wildman–Crippen LogP) is 0.592. The van der Waals surface area contributed by atoms with E-state index < -0.39 is 0 Å². The van der Waals surface area contributed by atoms with Gasteiger partial charge in [-0.1, -0.05) is 12.1 Å². The monoisotopic (exact) mass is 219 g/mol. The van der Waals surface area contributed by atoms with Gasteiger partial charge in [0.25, 0.3) is 0 Å². The molecule has 1 aliphatic heterocycles. The third-order valence-electron chi connectivity index (χ3n) is 2.47. The van der Waals surface area contributed by atoms with Gasteiger partial charge in [0.15, 0.2) is 0 Å². The number of carbonyl (C=O) groups is 2. The van der Waals surface area contributed by atoms with Gasteiger partial charge in [0, 0.05) is 19.5 Å². The number of nitrogens with one attached hydrogen (secondary N) is 1. The minimum atomic E-state index is -0.370. The van der Waals surface area contributed by atoms with E-state index >= 15 is 0 Å². The van der Waals surface area contributed by atoms with Crippen LogP contribution >= 0.6 is 0 Å². The highest BCUT2D eigenvalue weighted by Crippen LogP contribution is 2.18. The molecule has 0 unspecified atom stereocenters. The molecule has 5 heteroatoms. The predicted molar refractivity (Wildman–Crippen MR) is 59.8 cm³/mol. The van der Waals surface area contributed by atoms with E-state index in [-0.39, 0.29) is 11.9 Å². The van der Waals surface area contributed by atoms with Crippen molar-refractivity contribution in [2.75, 3.05) is 11.4 Å². The van der Waals surface area contributed by atoms with Gasteiger partial charge in [-0.2, -0.15) is 0 Å². The fourth-order valence-electron chi connectivity index (χ4n) is 1.66. The van der Waals surface area contributed by atoms with Crippen molar-refractivity contribution in [2.45, 2.75) is 13.0 Å². The van der Waals surface area contributed by atoms with Crippen LogP contribution in [-0.2, 0) is 11.3 Å². The number of hydrogen-bond acceptors (Lipinski definition) is 3. The van der Waals surface area contributed by atoms with Crippen molar-refractivity contribution in [1.82, 2.24) is 5.32 Å². The van der Waals surface area contributed by atoms with Crippen LogP contribution in [0.1, 0.15) is 12.0 Å². The Labute approximate surface area is 93.2 Å². The van der Waals surface area contributed by atoms with Crippen LogP contribution in [-0.4, -0.2) is 18.5 Å². The topological polar surface area (TPSA) is 75.4 Å². The van der Waals surface area contributed by atoms with Crippen LogP contribution in [0.3, 0.4) is 0 Å². The number of urea groups is 1. The van der Waals surface area contributed by atoms with Gasteiger partial charge in [0.2, 0.25) is 5.91 Å². The molecule has 0 aromatic heterocycles. The van der Waals surface area contributed by atoms with Crippen LogP contribution in [0.2, 0.25) is 0 Å². The molecule has 3 amide bonds. The molecule has 16 heavy (non-hydrogen) atoms. The van der Waals surface area contributed by atoms with Crippen LogP contribution in [0.4, 0.5) is 10.5 Å². The molecule has 1 heterocycles. The molecule has 1 aromatic carbocycles. The second kappa shape index (κ2) is 4.32. The summed E-state index contributed by atoms with van der Waals surface area (Å²) in [4.78, 5) is 24.4. The molecular weight excluding hydrogens is 206 g/mol. The molecule has 5 nitrogen and oxygen atoms in total. The van der Waals surface area contributed by atoms with E-state index in [1.807, 2.05) is 6.07 Å². The number of carbonyl (C=O) groups excluding carboxylic acids is 2. The summed E-state index contributed by atoms with van der Waals surface area (Å²) in [6, 6.07) is 6.75. The van der Waals surface area contributed by atoms with Gasteiger partial charge < -0.3 is 11.1 Å². The Kier molecular flexibility index (Phi) is 2.87. The van der Waals surface area contributed by atoms with E-state index in [9.17, 15) is 9.59 Å². The fraction of sp³-hybridized carbons (Fsp3) is 0.273. The van der Waals surface area contributed by atoms with Crippen molar-refractivity contribution >= 4 is 17.6 Å². The van der Waals surface area contributed by atoms with Gasteiger partial charge in [-0.3, -0.25) is 4.79 Å². The number of anilines is 1. The van der Waals surface area contributed by atoms with Crippen LogP contribution in [0.5, 0.6) is 0 Å². The molecule has 3 N–H and O–H groups in total. The molecule has 84 valence electrons. The summed E-state index contributed by atoms with van der Waals surface area (Å²) < 4.78 is 0. The number of nitrogens with zero attached hydrogens (tertiary/aromatic N) is 1. The van der Waals surface area contributed by atoms with Crippen molar-refractivity contribution in [3.8, 4) is 0 Å². The minimum Gasteiger partial charge on any atom is -0.337 e. The quantitative estimate of drug-likeness (QED) is 0.764. The van der Waals surface area contributed by atoms with Crippen molar-refractivity contribution in [3.63, 3.8) is 0 Å². The zero-order chi connectivity index (χ0) is 11.5. The van der Waals surface area contributed by atoms with E-state index in [1.165, 1.54) is 0 Å². The summed E-state index contributed by atoms with van der Waals surface area (Å²) >= 11 is 0. The molecular formula is C11H13N3O2. The molecule has 0 aliphatic carbocycles. The lowest BCUT2D eigenvalue weighted by molar-refractivity contribution is -0.118. The lowest BCUT2D eigenvalue weighted by Gasteiger charge is -2.25. The zero-order valence-corrected chi connectivity index (χ0v) is 8.77. The van der Waals surface area contributed by atoms with E-state index in [0.29, 0.717) is 25.2 Å². The molecule has 0 atom stereocenters. The number of rotatable bonds is 2. The smallest absolute Gasteiger partial charge is 0.328 e. The highest BCUT2D eigenvalue weighted by atomic mass is 16.2. The van der Waals surface area contributed by atoms with Gasteiger partial charge in [-0.15, -0.1) is 0 Å². The summed E-state index contributed by atoms with van der Waals surface area (Å²) in [5, 5.41) is 2.63. The van der Waals surface area contributed by atoms with Gasteiger partial charge >= 0.3 is 6.03 Å². The summed E-state index contributed by atoms with van der Waals surface area (Å²) in [7, 11) is 0. The van der Waals surface area contributed by atoms with E-state index in [4.69, 9.17) is 5.73 Å². The second-order valence-electron chi connectivity index (χ2n) is 3.59. The van der Waals surface area contributed by atoms with Gasteiger partial charge in [0.05, 0.1) is 5.69 Å².